The van der Waals surface area contributed by atoms with Crippen molar-refractivity contribution in [3.63, 3.8) is 0 Å². The maximum Gasteiger partial charge on any atom is 0.416 e. The number of hydrogen-bond acceptors (Lipinski definition) is 3. The lowest BCUT2D eigenvalue weighted by Gasteiger charge is -2.41. The summed E-state index contributed by atoms with van der Waals surface area (Å²) in [7, 11) is 0. The Kier molecular flexibility index (Phi) is 10.8. The van der Waals surface area contributed by atoms with E-state index in [0.29, 0.717) is 43.3 Å². The van der Waals surface area contributed by atoms with Gasteiger partial charge in [-0.3, -0.25) is 4.90 Å². The number of carbonyl (C=O) groups excluding carboxylic acids is 1. The Morgan fingerprint density at radius 3 is 2.54 bits per heavy atom. The maximum absolute atomic E-state index is 13.5. The number of amides is 2. The molecule has 2 heterocycles. The van der Waals surface area contributed by atoms with Crippen molar-refractivity contribution in [3.8, 4) is 0 Å². The topological polar surface area (TPSA) is 61.6 Å². The second-order valence-corrected chi connectivity index (χ2v) is 13.0. The lowest BCUT2D eigenvalue weighted by atomic mass is 9.75. The summed E-state index contributed by atoms with van der Waals surface area (Å²) < 4.78 is 40.4. The second-order valence-electron chi connectivity index (χ2n) is 13.0. The van der Waals surface area contributed by atoms with Gasteiger partial charge in [-0.1, -0.05) is 45.1 Å². The lowest BCUT2D eigenvalue weighted by Crippen LogP contribution is -2.49. The van der Waals surface area contributed by atoms with Gasteiger partial charge in [-0.15, -0.1) is 0 Å². The van der Waals surface area contributed by atoms with Crippen molar-refractivity contribution >= 4 is 11.7 Å². The third-order valence-electron chi connectivity index (χ3n) is 9.32. The van der Waals surface area contributed by atoms with Crippen molar-refractivity contribution in [3.05, 3.63) is 53.6 Å². The van der Waals surface area contributed by atoms with Gasteiger partial charge in [0, 0.05) is 43.3 Å². The summed E-state index contributed by atoms with van der Waals surface area (Å²) in [6.07, 6.45) is 12.1. The van der Waals surface area contributed by atoms with E-state index in [-0.39, 0.29) is 18.0 Å². The molecular weight excluding hydrogens is 525 g/mol. The minimum Gasteiger partial charge on any atom is -0.381 e. The van der Waals surface area contributed by atoms with Crippen LogP contribution < -0.4 is 11.1 Å². The van der Waals surface area contributed by atoms with Crippen molar-refractivity contribution in [1.82, 2.24) is 9.80 Å². The van der Waals surface area contributed by atoms with Crippen LogP contribution in [0.3, 0.4) is 0 Å². The molecule has 0 bridgehead atoms. The average molecular weight is 575 g/mol. The number of hydrogen-bond donors (Lipinski definition) is 2. The number of benzene rings is 1. The highest BCUT2D eigenvalue weighted by Gasteiger charge is 2.36. The number of piperidine rings is 1. The number of rotatable bonds is 11. The number of fused-ring (bicyclic) bond motifs is 1. The number of nitrogens with two attached hydrogens (primary N) is 1. The third kappa shape index (κ3) is 8.76. The Balaban J connectivity index is 1.42. The second kappa shape index (κ2) is 14.1. The van der Waals surface area contributed by atoms with Crippen LogP contribution in [-0.4, -0.2) is 54.1 Å². The summed E-state index contributed by atoms with van der Waals surface area (Å²) in [5.74, 6) is 1.74. The molecule has 41 heavy (non-hydrogen) atoms. The van der Waals surface area contributed by atoms with Crippen molar-refractivity contribution in [2.45, 2.75) is 90.4 Å². The van der Waals surface area contributed by atoms with Crippen molar-refractivity contribution in [1.29, 1.82) is 0 Å². The van der Waals surface area contributed by atoms with Crippen LogP contribution in [-0.2, 0) is 12.6 Å². The van der Waals surface area contributed by atoms with E-state index >= 15 is 0 Å². The average Bonchev–Trinajstić information content (AvgIpc) is 2.94. The van der Waals surface area contributed by atoms with Crippen LogP contribution in [0.2, 0.25) is 0 Å². The molecule has 228 valence electrons. The first kappa shape index (κ1) is 31.5. The minimum atomic E-state index is -4.33. The van der Waals surface area contributed by atoms with E-state index < -0.39 is 11.7 Å². The Morgan fingerprint density at radius 1 is 1.15 bits per heavy atom. The zero-order valence-corrected chi connectivity index (χ0v) is 25.0. The first-order valence-electron chi connectivity index (χ1n) is 15.6. The number of nitrogens with one attached hydrogen (secondary N) is 1. The number of anilines is 1. The number of halogens is 3. The summed E-state index contributed by atoms with van der Waals surface area (Å²) >= 11 is 0. The Hall–Kier alpha value is -2.48. The zero-order chi connectivity index (χ0) is 29.6. The smallest absolute Gasteiger partial charge is 0.381 e. The Labute approximate surface area is 244 Å². The normalized spacial score (nSPS) is 24.0. The summed E-state index contributed by atoms with van der Waals surface area (Å²) in [5.41, 5.74) is 6.58. The predicted molar refractivity (Wildman–Crippen MR) is 161 cm³/mol. The van der Waals surface area contributed by atoms with Crippen LogP contribution in [0.5, 0.6) is 0 Å². The van der Waals surface area contributed by atoms with Crippen molar-refractivity contribution < 1.29 is 18.0 Å². The summed E-state index contributed by atoms with van der Waals surface area (Å²) in [6.45, 7) is 10.3. The van der Waals surface area contributed by atoms with E-state index in [1.54, 1.807) is 11.0 Å². The number of carbonyl (C=O) groups is 1. The molecule has 5 nitrogen and oxygen atoms in total. The molecule has 3 aliphatic rings. The van der Waals surface area contributed by atoms with E-state index in [2.05, 4.69) is 55.3 Å². The molecule has 2 amide bonds. The standard InChI is InChI=1S/C33H49F3N4O/c1-23(2)8-7-17-40(29-15-18-39(19-16-29)32(37)41)22-24(3)11-12-26-20-27-21-28(33(34,35)36)13-14-30(27)38-31(26)25-9-5-4-6-10-25/h4-6,9,13-14,21,23-26,29,31,38H,7-8,10-12,15-20,22H2,1-3H3,(H2,37,41)/t24-,25+,26-,31+/m1/s1. The SMILES string of the molecule is CC(C)CCCN(C[C@H](C)CC[C@@H]1Cc2cc(C(F)(F)F)ccc2N[C@H]1[C@H]1C=CC=CC1)C1CCN(C(N)=O)CC1. The molecule has 0 saturated carbocycles. The van der Waals surface area contributed by atoms with Gasteiger partial charge in [0.1, 0.15) is 0 Å². The largest absolute Gasteiger partial charge is 0.416 e. The third-order valence-corrected chi connectivity index (χ3v) is 9.32. The number of primary amides is 1. The van der Waals surface area contributed by atoms with Gasteiger partial charge in [-0.2, -0.15) is 13.2 Å². The van der Waals surface area contributed by atoms with E-state index in [1.165, 1.54) is 18.6 Å². The fourth-order valence-corrected chi connectivity index (χ4v) is 6.96. The van der Waals surface area contributed by atoms with Gasteiger partial charge in [-0.25, -0.2) is 4.79 Å². The van der Waals surface area contributed by atoms with Crippen LogP contribution in [0.4, 0.5) is 23.7 Å². The molecule has 3 N–H and O–H groups in total. The zero-order valence-electron chi connectivity index (χ0n) is 25.0. The number of nitrogens with zero attached hydrogens (tertiary/aromatic N) is 2. The molecule has 0 aromatic heterocycles. The molecule has 1 aliphatic carbocycles. The van der Waals surface area contributed by atoms with Crippen LogP contribution in [0.25, 0.3) is 0 Å². The molecule has 1 saturated heterocycles. The number of likely N-dealkylation sites (tertiary alicyclic amines) is 1. The number of alkyl halides is 3. The van der Waals surface area contributed by atoms with Crippen molar-refractivity contribution in [2.75, 3.05) is 31.5 Å². The van der Waals surface area contributed by atoms with Gasteiger partial charge in [0.05, 0.1) is 5.56 Å². The fourth-order valence-electron chi connectivity index (χ4n) is 6.96. The lowest BCUT2D eigenvalue weighted by molar-refractivity contribution is -0.137. The van der Waals surface area contributed by atoms with E-state index in [4.69, 9.17) is 5.73 Å². The van der Waals surface area contributed by atoms with Gasteiger partial charge in [0.25, 0.3) is 0 Å². The molecule has 1 aromatic carbocycles. The molecule has 0 unspecified atom stereocenters. The summed E-state index contributed by atoms with van der Waals surface area (Å²) in [6, 6.07) is 4.49. The Morgan fingerprint density at radius 2 is 1.90 bits per heavy atom. The first-order valence-corrected chi connectivity index (χ1v) is 15.6. The van der Waals surface area contributed by atoms with Crippen LogP contribution >= 0.6 is 0 Å². The number of urea groups is 1. The van der Waals surface area contributed by atoms with E-state index in [9.17, 15) is 18.0 Å². The first-order chi connectivity index (χ1) is 19.5. The molecule has 4 rings (SSSR count). The molecule has 1 aromatic rings. The molecule has 2 aliphatic heterocycles. The Bertz CT molecular complexity index is 1060. The predicted octanol–water partition coefficient (Wildman–Crippen LogP) is 7.49. The van der Waals surface area contributed by atoms with Gasteiger partial charge >= 0.3 is 12.2 Å². The molecule has 4 atom stereocenters. The maximum atomic E-state index is 13.5. The highest BCUT2D eigenvalue weighted by atomic mass is 19.4. The summed E-state index contributed by atoms with van der Waals surface area (Å²) in [4.78, 5) is 16.0. The summed E-state index contributed by atoms with van der Waals surface area (Å²) in [5, 5.41) is 3.66. The van der Waals surface area contributed by atoms with Gasteiger partial charge in [-0.05, 0) is 99.4 Å². The highest BCUT2D eigenvalue weighted by Crippen LogP contribution is 2.40. The van der Waals surface area contributed by atoms with Gasteiger partial charge in [0.15, 0.2) is 0 Å². The molecule has 0 spiro atoms. The quantitative estimate of drug-likeness (QED) is 0.288. The van der Waals surface area contributed by atoms with E-state index in [1.807, 2.05) is 0 Å². The van der Waals surface area contributed by atoms with Crippen LogP contribution in [0.1, 0.15) is 76.8 Å². The van der Waals surface area contributed by atoms with E-state index in [0.717, 1.165) is 62.9 Å². The fraction of sp³-hybridized carbons (Fsp3) is 0.667. The molecule has 1 fully saturated rings. The molecular formula is C33H49F3N4O. The van der Waals surface area contributed by atoms with Gasteiger partial charge < -0.3 is 16.0 Å². The molecule has 8 heteroatoms. The van der Waals surface area contributed by atoms with Gasteiger partial charge in [0.2, 0.25) is 0 Å². The highest BCUT2D eigenvalue weighted by molar-refractivity contribution is 5.72. The molecule has 0 radical (unpaired) electrons. The van der Waals surface area contributed by atoms with Crippen molar-refractivity contribution in [2.24, 2.45) is 29.4 Å². The van der Waals surface area contributed by atoms with Crippen LogP contribution in [0, 0.1) is 23.7 Å². The minimum absolute atomic E-state index is 0.202. The monoisotopic (exact) mass is 574 g/mol. The number of allylic oxidation sites excluding steroid dienone is 3. The van der Waals surface area contributed by atoms with Crippen LogP contribution in [0.15, 0.2) is 42.5 Å².